The van der Waals surface area contributed by atoms with Crippen LogP contribution < -0.4 is 21.7 Å². The van der Waals surface area contributed by atoms with Gasteiger partial charge in [0.1, 0.15) is 0 Å². The van der Waals surface area contributed by atoms with E-state index in [2.05, 4.69) is 156 Å². The van der Waals surface area contributed by atoms with Gasteiger partial charge in [-0.1, -0.05) is 156 Å². The average molecular weight is 715 g/mol. The molecule has 0 bridgehead atoms. The van der Waals surface area contributed by atoms with Crippen molar-refractivity contribution in [2.75, 3.05) is 17.2 Å². The largest absolute Gasteiger partial charge is 0.356 e. The lowest BCUT2D eigenvalue weighted by Gasteiger charge is -2.39. The minimum Gasteiger partial charge on any atom is -0.356 e. The first-order valence-corrected chi connectivity index (χ1v) is 20.9. The summed E-state index contributed by atoms with van der Waals surface area (Å²) in [5.41, 5.74) is 19.5. The van der Waals surface area contributed by atoms with Gasteiger partial charge in [0, 0.05) is 28.8 Å². The molecule has 1 unspecified atom stereocenters. The Morgan fingerprint density at radius 1 is 0.509 bits per heavy atom. The SMILES string of the molecule is CCCCCCCCNC1(C(N)CCCCCCC)c2cc(Nc3ccc(C(C)(C)C)cc3)ccc2-c2ccc(Nc3ccc(C(C)(C)C)cc3)cc21. The van der Waals surface area contributed by atoms with E-state index < -0.39 is 5.54 Å². The maximum atomic E-state index is 7.56. The Morgan fingerprint density at radius 3 is 1.34 bits per heavy atom. The highest BCUT2D eigenvalue weighted by Gasteiger charge is 2.47. The van der Waals surface area contributed by atoms with Gasteiger partial charge in [-0.05, 0) is 112 Å². The smallest absolute Gasteiger partial charge is 0.0857 e. The summed E-state index contributed by atoms with van der Waals surface area (Å²) in [6.45, 7) is 19.1. The van der Waals surface area contributed by atoms with E-state index in [0.717, 1.165) is 48.6 Å². The van der Waals surface area contributed by atoms with Crippen LogP contribution in [-0.2, 0) is 16.4 Å². The Bertz CT molecular complexity index is 1610. The lowest BCUT2D eigenvalue weighted by Crippen LogP contribution is -2.55. The van der Waals surface area contributed by atoms with Crippen molar-refractivity contribution in [3.05, 3.63) is 107 Å². The summed E-state index contributed by atoms with van der Waals surface area (Å²) in [6.07, 6.45) is 14.8. The summed E-state index contributed by atoms with van der Waals surface area (Å²) < 4.78 is 0. The summed E-state index contributed by atoms with van der Waals surface area (Å²) in [7, 11) is 0. The van der Waals surface area contributed by atoms with Crippen LogP contribution in [0.1, 0.15) is 155 Å². The third kappa shape index (κ3) is 10.1. The minimum absolute atomic E-state index is 0.0770. The lowest BCUT2D eigenvalue weighted by atomic mass is 9.78. The standard InChI is InChI=1S/C49H70N4/c1-9-11-13-15-17-19-33-51-49(46(50)20-18-16-14-12-10-2)44-34-40(52-38-25-21-36(22-26-38)47(3,4)5)29-31-42(44)43-32-30-41(35-45(43)49)53-39-27-23-37(24-28-39)48(6,7)8/h21-32,34-35,46,51-53H,9-20,33,50H2,1-8H3. The van der Waals surface area contributed by atoms with Gasteiger partial charge in [0.2, 0.25) is 0 Å². The molecule has 5 rings (SSSR count). The fourth-order valence-corrected chi connectivity index (χ4v) is 8.05. The zero-order valence-electron chi connectivity index (χ0n) is 34.4. The molecule has 1 aliphatic rings. The summed E-state index contributed by atoms with van der Waals surface area (Å²) in [4.78, 5) is 0. The number of rotatable bonds is 19. The van der Waals surface area contributed by atoms with Crippen LogP contribution in [0, 0.1) is 0 Å². The molecule has 4 nitrogen and oxygen atoms in total. The van der Waals surface area contributed by atoms with Gasteiger partial charge in [0.25, 0.3) is 0 Å². The third-order valence-electron chi connectivity index (χ3n) is 11.4. The van der Waals surface area contributed by atoms with Crippen molar-refractivity contribution >= 4 is 22.7 Å². The van der Waals surface area contributed by atoms with Gasteiger partial charge in [0.05, 0.1) is 5.54 Å². The number of fused-ring (bicyclic) bond motifs is 3. The second-order valence-corrected chi connectivity index (χ2v) is 17.7. The van der Waals surface area contributed by atoms with Crippen molar-refractivity contribution in [1.29, 1.82) is 0 Å². The Morgan fingerprint density at radius 2 is 0.906 bits per heavy atom. The van der Waals surface area contributed by atoms with Crippen LogP contribution in [0.15, 0.2) is 84.9 Å². The van der Waals surface area contributed by atoms with Gasteiger partial charge >= 0.3 is 0 Å². The molecule has 0 aliphatic heterocycles. The number of hydrogen-bond donors (Lipinski definition) is 4. The Balaban J connectivity index is 1.53. The van der Waals surface area contributed by atoms with E-state index in [-0.39, 0.29) is 16.9 Å². The highest BCUT2D eigenvalue weighted by molar-refractivity contribution is 5.85. The molecule has 286 valence electrons. The van der Waals surface area contributed by atoms with Gasteiger partial charge in [-0.25, -0.2) is 0 Å². The van der Waals surface area contributed by atoms with Crippen molar-refractivity contribution in [3.63, 3.8) is 0 Å². The first kappa shape index (κ1) is 40.6. The van der Waals surface area contributed by atoms with Gasteiger partial charge in [-0.3, -0.25) is 0 Å². The molecule has 0 saturated carbocycles. The van der Waals surface area contributed by atoms with Crippen molar-refractivity contribution in [3.8, 4) is 11.1 Å². The molecule has 4 aromatic carbocycles. The van der Waals surface area contributed by atoms with Crippen LogP contribution in [0.2, 0.25) is 0 Å². The zero-order valence-corrected chi connectivity index (χ0v) is 34.4. The molecular weight excluding hydrogens is 645 g/mol. The van der Waals surface area contributed by atoms with Crippen molar-refractivity contribution in [1.82, 2.24) is 5.32 Å². The number of benzene rings is 4. The zero-order chi connectivity index (χ0) is 38.1. The monoisotopic (exact) mass is 715 g/mol. The van der Waals surface area contributed by atoms with Crippen molar-refractivity contribution in [2.45, 2.75) is 155 Å². The highest BCUT2D eigenvalue weighted by atomic mass is 15.0. The Kier molecular flexibility index (Phi) is 13.9. The summed E-state index contributed by atoms with van der Waals surface area (Å²) in [6, 6.07) is 31.6. The molecule has 0 fully saturated rings. The van der Waals surface area contributed by atoms with E-state index >= 15 is 0 Å². The van der Waals surface area contributed by atoms with Crippen LogP contribution in [0.3, 0.4) is 0 Å². The Labute approximate surface area is 323 Å². The number of unbranched alkanes of at least 4 members (excludes halogenated alkanes) is 9. The molecule has 1 atom stereocenters. The molecule has 1 aliphatic carbocycles. The van der Waals surface area contributed by atoms with Crippen LogP contribution in [0.4, 0.5) is 22.7 Å². The average Bonchev–Trinajstić information content (AvgIpc) is 3.39. The second kappa shape index (κ2) is 18.2. The van der Waals surface area contributed by atoms with E-state index in [4.69, 9.17) is 5.73 Å². The number of hydrogen-bond acceptors (Lipinski definition) is 4. The molecule has 0 saturated heterocycles. The van der Waals surface area contributed by atoms with E-state index in [1.165, 1.54) is 91.2 Å². The normalized spacial score (nSPS) is 14.1. The second-order valence-electron chi connectivity index (χ2n) is 17.7. The van der Waals surface area contributed by atoms with E-state index in [1.807, 2.05) is 0 Å². The fraction of sp³-hybridized carbons (Fsp3) is 0.510. The molecule has 0 amide bonds. The summed E-state index contributed by atoms with van der Waals surface area (Å²) >= 11 is 0. The Hall–Kier alpha value is -3.60. The molecule has 53 heavy (non-hydrogen) atoms. The molecule has 5 N–H and O–H groups in total. The first-order valence-electron chi connectivity index (χ1n) is 20.9. The lowest BCUT2D eigenvalue weighted by molar-refractivity contribution is 0.310. The van der Waals surface area contributed by atoms with Crippen LogP contribution in [0.25, 0.3) is 11.1 Å². The van der Waals surface area contributed by atoms with Gasteiger partial charge in [0.15, 0.2) is 0 Å². The third-order valence-corrected chi connectivity index (χ3v) is 11.4. The van der Waals surface area contributed by atoms with Gasteiger partial charge < -0.3 is 21.7 Å². The molecule has 0 aromatic heterocycles. The maximum absolute atomic E-state index is 7.56. The fourth-order valence-electron chi connectivity index (χ4n) is 8.05. The van der Waals surface area contributed by atoms with E-state index in [0.29, 0.717) is 0 Å². The number of nitrogens with two attached hydrogens (primary N) is 1. The molecule has 0 radical (unpaired) electrons. The predicted octanol–water partition coefficient (Wildman–Crippen LogP) is 13.6. The molecule has 0 spiro atoms. The minimum atomic E-state index is -0.500. The number of nitrogens with one attached hydrogen (secondary N) is 3. The summed E-state index contributed by atoms with van der Waals surface area (Å²) in [5, 5.41) is 11.7. The molecule has 4 heteroatoms. The molecular formula is C49H70N4. The van der Waals surface area contributed by atoms with E-state index in [1.54, 1.807) is 0 Å². The van der Waals surface area contributed by atoms with Crippen molar-refractivity contribution in [2.24, 2.45) is 5.73 Å². The molecule has 4 aromatic rings. The van der Waals surface area contributed by atoms with E-state index in [9.17, 15) is 0 Å². The van der Waals surface area contributed by atoms with Crippen LogP contribution in [-0.4, -0.2) is 12.6 Å². The maximum Gasteiger partial charge on any atom is 0.0857 e. The molecule has 0 heterocycles. The van der Waals surface area contributed by atoms with Gasteiger partial charge in [-0.2, -0.15) is 0 Å². The van der Waals surface area contributed by atoms with Crippen LogP contribution >= 0.6 is 0 Å². The summed E-state index contributed by atoms with van der Waals surface area (Å²) in [5.74, 6) is 0. The quantitative estimate of drug-likeness (QED) is 0.0730. The topological polar surface area (TPSA) is 62.1 Å². The highest BCUT2D eigenvalue weighted by Crippen LogP contribution is 2.51. The van der Waals surface area contributed by atoms with Gasteiger partial charge in [-0.15, -0.1) is 0 Å². The predicted molar refractivity (Wildman–Crippen MR) is 232 cm³/mol. The first-order chi connectivity index (χ1) is 25.4. The number of anilines is 4. The van der Waals surface area contributed by atoms with Crippen molar-refractivity contribution < 1.29 is 0 Å². The van der Waals surface area contributed by atoms with Crippen LogP contribution in [0.5, 0.6) is 0 Å².